The van der Waals surface area contributed by atoms with Gasteiger partial charge in [-0.05, 0) is 43.3 Å². The molecule has 5 nitrogen and oxygen atoms in total. The average molecular weight is 313 g/mol. The van der Waals surface area contributed by atoms with Crippen LogP contribution in [0.4, 0.5) is 0 Å². The van der Waals surface area contributed by atoms with Crippen LogP contribution in [0.25, 0.3) is 28.6 Å². The lowest BCUT2D eigenvalue weighted by Crippen LogP contribution is -2.01. The molecule has 0 radical (unpaired) electrons. The first-order valence-corrected chi connectivity index (χ1v) is 7.67. The molecule has 1 aromatic carbocycles. The van der Waals surface area contributed by atoms with E-state index in [1.165, 1.54) is 5.56 Å². The third kappa shape index (κ3) is 2.56. The van der Waals surface area contributed by atoms with E-state index < -0.39 is 0 Å². The summed E-state index contributed by atoms with van der Waals surface area (Å²) in [7, 11) is 0. The molecule has 5 heteroatoms. The Morgan fingerprint density at radius 1 is 0.750 bits per heavy atom. The normalized spacial score (nSPS) is 10.7. The number of nitrogens with zero attached hydrogens (tertiary/aromatic N) is 5. The van der Waals surface area contributed by atoms with Crippen LogP contribution in [0.1, 0.15) is 5.56 Å². The van der Waals surface area contributed by atoms with Gasteiger partial charge in [0.25, 0.3) is 0 Å². The maximum absolute atomic E-state index is 4.42. The molecule has 0 aliphatic carbocycles. The molecule has 0 aliphatic heterocycles. The highest BCUT2D eigenvalue weighted by Gasteiger charge is 2.17. The molecule has 0 atom stereocenters. The zero-order valence-corrected chi connectivity index (χ0v) is 13.2. The van der Waals surface area contributed by atoms with Crippen molar-refractivity contribution in [2.75, 3.05) is 0 Å². The van der Waals surface area contributed by atoms with Crippen molar-refractivity contribution in [1.29, 1.82) is 0 Å². The number of aromatic nitrogens is 5. The fraction of sp³-hybridized carbons (Fsp3) is 0.0526. The summed E-state index contributed by atoms with van der Waals surface area (Å²) < 4.78 is 2.02. The topological polar surface area (TPSA) is 56.5 Å². The Bertz CT molecular complexity index is 887. The van der Waals surface area contributed by atoms with Crippen LogP contribution in [0.2, 0.25) is 0 Å². The molecule has 0 fully saturated rings. The Kier molecular flexibility index (Phi) is 3.59. The van der Waals surface area contributed by atoms with Crippen molar-refractivity contribution in [1.82, 2.24) is 24.7 Å². The van der Waals surface area contributed by atoms with Gasteiger partial charge >= 0.3 is 0 Å². The highest BCUT2D eigenvalue weighted by atomic mass is 15.3. The van der Waals surface area contributed by atoms with Crippen LogP contribution in [0.3, 0.4) is 0 Å². The predicted molar refractivity (Wildman–Crippen MR) is 92.6 cm³/mol. The second-order valence-electron chi connectivity index (χ2n) is 5.47. The zero-order chi connectivity index (χ0) is 16.4. The lowest BCUT2D eigenvalue weighted by atomic mass is 10.2. The molecule has 0 N–H and O–H groups in total. The van der Waals surface area contributed by atoms with Crippen LogP contribution in [0, 0.1) is 6.92 Å². The Hall–Kier alpha value is -3.34. The van der Waals surface area contributed by atoms with Crippen molar-refractivity contribution in [3.63, 3.8) is 0 Å². The minimum absolute atomic E-state index is 0.714. The monoisotopic (exact) mass is 313 g/mol. The molecule has 0 saturated heterocycles. The zero-order valence-electron chi connectivity index (χ0n) is 13.2. The van der Waals surface area contributed by atoms with Gasteiger partial charge in [-0.25, -0.2) is 0 Å². The van der Waals surface area contributed by atoms with E-state index >= 15 is 0 Å². The molecule has 4 rings (SSSR count). The van der Waals surface area contributed by atoms with Gasteiger partial charge in [-0.1, -0.05) is 23.8 Å². The Balaban J connectivity index is 1.96. The summed E-state index contributed by atoms with van der Waals surface area (Å²) in [5.41, 5.74) is 3.95. The Morgan fingerprint density at radius 3 is 2.21 bits per heavy atom. The molecular weight excluding hydrogens is 298 g/mol. The van der Waals surface area contributed by atoms with Crippen LogP contribution in [-0.2, 0) is 0 Å². The predicted octanol–water partition coefficient (Wildman–Crippen LogP) is 3.70. The second-order valence-corrected chi connectivity index (χ2v) is 5.47. The van der Waals surface area contributed by atoms with Gasteiger partial charge in [-0.15, -0.1) is 10.2 Å². The minimum atomic E-state index is 0.714. The van der Waals surface area contributed by atoms with Crippen LogP contribution in [0.15, 0.2) is 73.2 Å². The summed E-state index contributed by atoms with van der Waals surface area (Å²) in [4.78, 5) is 8.50. The lowest BCUT2D eigenvalue weighted by molar-refractivity contribution is 1.05. The third-order valence-corrected chi connectivity index (χ3v) is 3.79. The Labute approximate surface area is 139 Å². The molecule has 116 valence electrons. The summed E-state index contributed by atoms with van der Waals surface area (Å²) >= 11 is 0. The number of aryl methyl sites for hydroxylation is 1. The largest absolute Gasteiger partial charge is 0.274 e. The van der Waals surface area contributed by atoms with Crippen molar-refractivity contribution >= 4 is 0 Å². The number of benzene rings is 1. The fourth-order valence-corrected chi connectivity index (χ4v) is 2.57. The van der Waals surface area contributed by atoms with E-state index in [1.54, 1.807) is 18.6 Å². The summed E-state index contributed by atoms with van der Waals surface area (Å²) in [6.45, 7) is 2.07. The van der Waals surface area contributed by atoms with Crippen LogP contribution in [0.5, 0.6) is 0 Å². The summed E-state index contributed by atoms with van der Waals surface area (Å²) in [5, 5.41) is 8.80. The molecule has 3 heterocycles. The quantitative estimate of drug-likeness (QED) is 0.578. The number of pyridine rings is 2. The minimum Gasteiger partial charge on any atom is -0.274 e. The highest BCUT2D eigenvalue weighted by Crippen LogP contribution is 2.27. The van der Waals surface area contributed by atoms with Crippen LogP contribution < -0.4 is 0 Å². The van der Waals surface area contributed by atoms with Gasteiger partial charge in [0.2, 0.25) is 0 Å². The van der Waals surface area contributed by atoms with Crippen molar-refractivity contribution in [3.05, 3.63) is 78.8 Å². The van der Waals surface area contributed by atoms with Crippen LogP contribution in [-0.4, -0.2) is 24.7 Å². The first kappa shape index (κ1) is 14.3. The third-order valence-electron chi connectivity index (χ3n) is 3.79. The van der Waals surface area contributed by atoms with Crippen LogP contribution >= 0.6 is 0 Å². The summed E-state index contributed by atoms with van der Waals surface area (Å²) in [6, 6.07) is 17.9. The maximum atomic E-state index is 4.42. The molecule has 0 aliphatic rings. The van der Waals surface area contributed by atoms with Gasteiger partial charge in [0.1, 0.15) is 5.69 Å². The molecule has 24 heavy (non-hydrogen) atoms. The first-order valence-electron chi connectivity index (χ1n) is 7.67. The molecule has 0 bridgehead atoms. The molecule has 3 aromatic heterocycles. The van der Waals surface area contributed by atoms with Gasteiger partial charge in [0, 0.05) is 29.8 Å². The van der Waals surface area contributed by atoms with E-state index in [0.29, 0.717) is 5.82 Å². The van der Waals surface area contributed by atoms with Gasteiger partial charge in [0.15, 0.2) is 11.6 Å². The summed E-state index contributed by atoms with van der Waals surface area (Å²) in [6.07, 6.45) is 5.27. The highest BCUT2D eigenvalue weighted by molar-refractivity contribution is 5.64. The van der Waals surface area contributed by atoms with E-state index in [4.69, 9.17) is 0 Å². The summed E-state index contributed by atoms with van der Waals surface area (Å²) in [5.74, 6) is 1.48. The number of hydrogen-bond acceptors (Lipinski definition) is 4. The van der Waals surface area contributed by atoms with Crippen molar-refractivity contribution in [2.24, 2.45) is 0 Å². The SMILES string of the molecule is Cc1ccc(-n2c(-c3ccncc3)nnc2-c2ccccn2)cc1. The van der Waals surface area contributed by atoms with E-state index in [9.17, 15) is 0 Å². The smallest absolute Gasteiger partial charge is 0.187 e. The maximum Gasteiger partial charge on any atom is 0.187 e. The van der Waals surface area contributed by atoms with E-state index in [1.807, 2.05) is 34.9 Å². The molecule has 0 unspecified atom stereocenters. The van der Waals surface area contributed by atoms with Gasteiger partial charge in [0.05, 0.1) is 0 Å². The molecule has 0 saturated carbocycles. The second kappa shape index (κ2) is 6.04. The standard InChI is InChI=1S/C19H15N5/c1-14-5-7-16(8-6-14)24-18(15-9-12-20-13-10-15)22-23-19(24)17-4-2-3-11-21-17/h2-13H,1H3. The molecular formula is C19H15N5. The van der Waals surface area contributed by atoms with Crippen molar-refractivity contribution < 1.29 is 0 Å². The lowest BCUT2D eigenvalue weighted by Gasteiger charge is -2.10. The van der Waals surface area contributed by atoms with E-state index in [0.717, 1.165) is 22.8 Å². The fourth-order valence-electron chi connectivity index (χ4n) is 2.57. The van der Waals surface area contributed by atoms with Crippen molar-refractivity contribution in [2.45, 2.75) is 6.92 Å². The number of hydrogen-bond donors (Lipinski definition) is 0. The van der Waals surface area contributed by atoms with E-state index in [2.05, 4.69) is 51.4 Å². The van der Waals surface area contributed by atoms with Gasteiger partial charge in [-0.2, -0.15) is 0 Å². The van der Waals surface area contributed by atoms with Gasteiger partial charge in [-0.3, -0.25) is 14.5 Å². The van der Waals surface area contributed by atoms with Gasteiger partial charge < -0.3 is 0 Å². The first-order chi connectivity index (χ1) is 11.8. The van der Waals surface area contributed by atoms with E-state index in [-0.39, 0.29) is 0 Å². The average Bonchev–Trinajstić information content (AvgIpc) is 3.09. The van der Waals surface area contributed by atoms with Crippen molar-refractivity contribution in [3.8, 4) is 28.6 Å². The molecule has 0 spiro atoms. The Morgan fingerprint density at radius 2 is 1.50 bits per heavy atom. The molecule has 0 amide bonds. The number of rotatable bonds is 3. The molecule has 4 aromatic rings.